The Hall–Kier alpha value is -0.860. The molecule has 1 unspecified atom stereocenters. The summed E-state index contributed by atoms with van der Waals surface area (Å²) in [6.07, 6.45) is 8.95. The Morgan fingerprint density at radius 1 is 1.05 bits per heavy atom. The van der Waals surface area contributed by atoms with Gasteiger partial charge in [-0.25, -0.2) is 0 Å². The van der Waals surface area contributed by atoms with Crippen molar-refractivity contribution in [2.45, 2.75) is 70.9 Å². The maximum atomic E-state index is 10.3. The SMILES string of the molecule is Cc1ccc(C(O)CNC2CCCCCCC2)cc1C. The smallest absolute Gasteiger partial charge is 0.0914 e. The van der Waals surface area contributed by atoms with Crippen LogP contribution < -0.4 is 5.32 Å². The van der Waals surface area contributed by atoms with E-state index in [0.717, 1.165) is 5.56 Å². The maximum absolute atomic E-state index is 10.3. The molecule has 0 aromatic heterocycles. The fourth-order valence-electron chi connectivity index (χ4n) is 3.03. The molecule has 2 N–H and O–H groups in total. The molecular weight excluding hydrogens is 246 g/mol. The third-order valence-corrected chi connectivity index (χ3v) is 4.62. The van der Waals surface area contributed by atoms with E-state index in [1.54, 1.807) is 0 Å². The summed E-state index contributed by atoms with van der Waals surface area (Å²) in [6, 6.07) is 6.85. The number of nitrogens with one attached hydrogen (secondary N) is 1. The van der Waals surface area contributed by atoms with Gasteiger partial charge in [0.05, 0.1) is 6.10 Å². The first-order valence-electron chi connectivity index (χ1n) is 8.15. The van der Waals surface area contributed by atoms with Gasteiger partial charge in [0.15, 0.2) is 0 Å². The molecule has 1 saturated carbocycles. The highest BCUT2D eigenvalue weighted by Gasteiger charge is 2.14. The molecule has 2 heteroatoms. The third kappa shape index (κ3) is 4.60. The lowest BCUT2D eigenvalue weighted by Crippen LogP contribution is -2.33. The van der Waals surface area contributed by atoms with Crippen LogP contribution in [-0.4, -0.2) is 17.7 Å². The van der Waals surface area contributed by atoms with Crippen molar-refractivity contribution in [1.29, 1.82) is 0 Å². The summed E-state index contributed by atoms with van der Waals surface area (Å²) in [6.45, 7) is 4.89. The molecule has 2 rings (SSSR count). The van der Waals surface area contributed by atoms with E-state index in [0.29, 0.717) is 12.6 Å². The van der Waals surface area contributed by atoms with Crippen molar-refractivity contribution in [2.75, 3.05) is 6.54 Å². The van der Waals surface area contributed by atoms with Gasteiger partial charge in [-0.3, -0.25) is 0 Å². The Morgan fingerprint density at radius 3 is 2.35 bits per heavy atom. The number of hydrogen-bond acceptors (Lipinski definition) is 2. The average Bonchev–Trinajstić information content (AvgIpc) is 2.40. The highest BCUT2D eigenvalue weighted by atomic mass is 16.3. The number of aliphatic hydroxyl groups is 1. The second kappa shape index (κ2) is 7.80. The van der Waals surface area contributed by atoms with Crippen molar-refractivity contribution in [2.24, 2.45) is 0 Å². The van der Waals surface area contributed by atoms with Crippen molar-refractivity contribution < 1.29 is 5.11 Å². The molecular formula is C18H29NO. The van der Waals surface area contributed by atoms with Crippen molar-refractivity contribution in [3.8, 4) is 0 Å². The molecule has 1 aliphatic carbocycles. The van der Waals surface area contributed by atoms with Crippen molar-refractivity contribution >= 4 is 0 Å². The minimum absolute atomic E-state index is 0.389. The minimum atomic E-state index is -0.389. The molecule has 1 fully saturated rings. The summed E-state index contributed by atoms with van der Waals surface area (Å²) < 4.78 is 0. The first kappa shape index (κ1) is 15.5. The molecule has 1 aromatic rings. The zero-order valence-electron chi connectivity index (χ0n) is 13.0. The lowest BCUT2D eigenvalue weighted by Gasteiger charge is -2.23. The second-order valence-corrected chi connectivity index (χ2v) is 6.31. The molecule has 0 saturated heterocycles. The lowest BCUT2D eigenvalue weighted by atomic mass is 9.96. The van der Waals surface area contributed by atoms with Crippen molar-refractivity contribution in [3.05, 3.63) is 34.9 Å². The minimum Gasteiger partial charge on any atom is -0.387 e. The Bertz CT molecular complexity index is 408. The standard InChI is InChI=1S/C18H29NO/c1-14-10-11-16(12-15(14)2)18(20)13-19-17-8-6-4-3-5-7-9-17/h10-12,17-20H,3-9,13H2,1-2H3. The maximum Gasteiger partial charge on any atom is 0.0914 e. The van der Waals surface area contributed by atoms with Gasteiger partial charge in [0.2, 0.25) is 0 Å². The lowest BCUT2D eigenvalue weighted by molar-refractivity contribution is 0.166. The molecule has 1 aromatic carbocycles. The Balaban J connectivity index is 1.83. The molecule has 0 heterocycles. The number of rotatable bonds is 4. The summed E-state index contributed by atoms with van der Waals surface area (Å²) in [5.41, 5.74) is 3.58. The molecule has 20 heavy (non-hydrogen) atoms. The van der Waals surface area contributed by atoms with E-state index >= 15 is 0 Å². The van der Waals surface area contributed by atoms with Crippen molar-refractivity contribution in [1.82, 2.24) is 5.32 Å². The fraction of sp³-hybridized carbons (Fsp3) is 0.667. The Kier molecular flexibility index (Phi) is 6.06. The number of aryl methyl sites for hydroxylation is 2. The molecule has 0 spiro atoms. The van der Waals surface area contributed by atoms with E-state index in [1.165, 1.54) is 56.1 Å². The van der Waals surface area contributed by atoms with Crippen LogP contribution in [0.5, 0.6) is 0 Å². The molecule has 112 valence electrons. The summed E-state index contributed by atoms with van der Waals surface area (Å²) in [5.74, 6) is 0. The van der Waals surface area contributed by atoms with Gasteiger partial charge in [-0.2, -0.15) is 0 Å². The monoisotopic (exact) mass is 275 g/mol. The molecule has 2 nitrogen and oxygen atoms in total. The van der Waals surface area contributed by atoms with Gasteiger partial charge in [-0.1, -0.05) is 50.3 Å². The van der Waals surface area contributed by atoms with Crippen LogP contribution in [0.3, 0.4) is 0 Å². The van der Waals surface area contributed by atoms with Crippen LogP contribution in [0, 0.1) is 13.8 Å². The van der Waals surface area contributed by atoms with Crippen LogP contribution in [0.15, 0.2) is 18.2 Å². The molecule has 0 aliphatic heterocycles. The number of benzene rings is 1. The zero-order chi connectivity index (χ0) is 14.4. The number of hydrogen-bond donors (Lipinski definition) is 2. The largest absolute Gasteiger partial charge is 0.387 e. The van der Waals surface area contributed by atoms with Crippen LogP contribution in [0.1, 0.15) is 67.7 Å². The van der Waals surface area contributed by atoms with E-state index in [4.69, 9.17) is 0 Å². The predicted octanol–water partition coefficient (Wildman–Crippen LogP) is 4.04. The summed E-state index contributed by atoms with van der Waals surface area (Å²) >= 11 is 0. The second-order valence-electron chi connectivity index (χ2n) is 6.31. The van der Waals surface area contributed by atoms with Gasteiger partial charge in [0.25, 0.3) is 0 Å². The average molecular weight is 275 g/mol. The van der Waals surface area contributed by atoms with E-state index in [-0.39, 0.29) is 6.10 Å². The summed E-state index contributed by atoms with van der Waals surface area (Å²) in [7, 11) is 0. The van der Waals surface area contributed by atoms with Crippen molar-refractivity contribution in [3.63, 3.8) is 0 Å². The zero-order valence-corrected chi connectivity index (χ0v) is 13.0. The van der Waals surface area contributed by atoms with Gasteiger partial charge in [-0.15, -0.1) is 0 Å². The van der Waals surface area contributed by atoms with Gasteiger partial charge in [-0.05, 0) is 43.4 Å². The van der Waals surface area contributed by atoms with Gasteiger partial charge in [0, 0.05) is 12.6 Å². The first-order valence-corrected chi connectivity index (χ1v) is 8.15. The van der Waals surface area contributed by atoms with Gasteiger partial charge in [0.1, 0.15) is 0 Å². The van der Waals surface area contributed by atoms with E-state index in [9.17, 15) is 5.11 Å². The quantitative estimate of drug-likeness (QED) is 0.869. The van der Waals surface area contributed by atoms with Gasteiger partial charge >= 0.3 is 0 Å². The van der Waals surface area contributed by atoms with Gasteiger partial charge < -0.3 is 10.4 Å². The van der Waals surface area contributed by atoms with Crippen LogP contribution >= 0.6 is 0 Å². The predicted molar refractivity (Wildman–Crippen MR) is 85.0 cm³/mol. The Morgan fingerprint density at radius 2 is 1.70 bits per heavy atom. The molecule has 0 bridgehead atoms. The van der Waals surface area contributed by atoms with Crippen LogP contribution in [0.4, 0.5) is 0 Å². The Labute approximate surface area is 123 Å². The number of aliphatic hydroxyl groups excluding tert-OH is 1. The summed E-state index contributed by atoms with van der Waals surface area (Å²) in [5, 5.41) is 13.9. The molecule has 0 radical (unpaired) electrons. The van der Waals surface area contributed by atoms with Crippen LogP contribution in [-0.2, 0) is 0 Å². The molecule has 0 amide bonds. The van der Waals surface area contributed by atoms with E-state index < -0.39 is 0 Å². The first-order chi connectivity index (χ1) is 9.66. The van der Waals surface area contributed by atoms with Crippen LogP contribution in [0.25, 0.3) is 0 Å². The normalized spacial score (nSPS) is 19.4. The third-order valence-electron chi connectivity index (χ3n) is 4.62. The van der Waals surface area contributed by atoms with E-state index in [2.05, 4.69) is 31.3 Å². The molecule has 1 atom stereocenters. The highest BCUT2D eigenvalue weighted by Crippen LogP contribution is 2.19. The van der Waals surface area contributed by atoms with E-state index in [1.807, 2.05) is 6.07 Å². The topological polar surface area (TPSA) is 32.3 Å². The molecule has 1 aliphatic rings. The summed E-state index contributed by atoms with van der Waals surface area (Å²) in [4.78, 5) is 0. The van der Waals surface area contributed by atoms with Crippen LogP contribution in [0.2, 0.25) is 0 Å². The highest BCUT2D eigenvalue weighted by molar-refractivity contribution is 5.31. The fourth-order valence-corrected chi connectivity index (χ4v) is 3.03.